The highest BCUT2D eigenvalue weighted by Crippen LogP contribution is 2.17. The minimum atomic E-state index is 0.577. The van der Waals surface area contributed by atoms with Gasteiger partial charge in [-0.05, 0) is 33.0 Å². The summed E-state index contributed by atoms with van der Waals surface area (Å²) < 4.78 is 5.54. The Bertz CT molecular complexity index is 178. The molecule has 3 nitrogen and oxygen atoms in total. The number of rotatable bonds is 3. The van der Waals surface area contributed by atoms with Crippen LogP contribution in [0, 0.1) is 5.92 Å². The fourth-order valence-corrected chi connectivity index (χ4v) is 2.75. The third kappa shape index (κ3) is 3.16. The second-order valence-corrected chi connectivity index (χ2v) is 4.91. The summed E-state index contributed by atoms with van der Waals surface area (Å²) in [6.07, 6.45) is 5.62. The van der Waals surface area contributed by atoms with Crippen molar-refractivity contribution in [1.29, 1.82) is 0 Å². The predicted molar refractivity (Wildman–Crippen MR) is 62.1 cm³/mol. The van der Waals surface area contributed by atoms with Crippen molar-refractivity contribution in [2.75, 3.05) is 39.9 Å². The summed E-state index contributed by atoms with van der Waals surface area (Å²) in [6.45, 7) is 5.67. The van der Waals surface area contributed by atoms with Gasteiger partial charge in [0.25, 0.3) is 0 Å². The first-order valence-corrected chi connectivity index (χ1v) is 6.37. The minimum absolute atomic E-state index is 0.577. The van der Waals surface area contributed by atoms with Gasteiger partial charge in [-0.1, -0.05) is 12.8 Å². The van der Waals surface area contributed by atoms with Gasteiger partial charge in [0.15, 0.2) is 0 Å². The van der Waals surface area contributed by atoms with E-state index >= 15 is 0 Å². The van der Waals surface area contributed by atoms with Crippen molar-refractivity contribution in [3.63, 3.8) is 0 Å². The molecule has 2 aliphatic heterocycles. The topological polar surface area (TPSA) is 24.5 Å². The van der Waals surface area contributed by atoms with Crippen molar-refractivity contribution in [2.24, 2.45) is 5.92 Å². The van der Waals surface area contributed by atoms with Gasteiger partial charge < -0.3 is 15.0 Å². The van der Waals surface area contributed by atoms with E-state index in [1.807, 2.05) is 0 Å². The highest BCUT2D eigenvalue weighted by molar-refractivity contribution is 4.83. The number of likely N-dealkylation sites (N-methyl/N-ethyl adjacent to an activating group) is 1. The molecule has 2 unspecified atom stereocenters. The normalized spacial score (nSPS) is 34.2. The summed E-state index contributed by atoms with van der Waals surface area (Å²) in [5, 5.41) is 3.37. The smallest absolute Gasteiger partial charge is 0.0623 e. The number of nitrogens with one attached hydrogen (secondary N) is 1. The fourth-order valence-electron chi connectivity index (χ4n) is 2.75. The van der Waals surface area contributed by atoms with E-state index in [0.29, 0.717) is 12.0 Å². The lowest BCUT2D eigenvalue weighted by atomic mass is 10.0. The van der Waals surface area contributed by atoms with Crippen LogP contribution in [0.1, 0.15) is 25.7 Å². The molecule has 0 aromatic heterocycles. The molecule has 15 heavy (non-hydrogen) atoms. The maximum absolute atomic E-state index is 5.54. The van der Waals surface area contributed by atoms with Crippen molar-refractivity contribution < 1.29 is 4.74 Å². The molecule has 2 rings (SSSR count). The molecule has 2 aliphatic rings. The van der Waals surface area contributed by atoms with E-state index in [2.05, 4.69) is 17.3 Å². The van der Waals surface area contributed by atoms with Crippen LogP contribution in [-0.4, -0.2) is 50.8 Å². The van der Waals surface area contributed by atoms with Gasteiger partial charge in [0.1, 0.15) is 0 Å². The van der Waals surface area contributed by atoms with E-state index < -0.39 is 0 Å². The first kappa shape index (κ1) is 11.4. The van der Waals surface area contributed by atoms with Gasteiger partial charge in [0.05, 0.1) is 13.2 Å². The van der Waals surface area contributed by atoms with E-state index in [1.165, 1.54) is 45.3 Å². The van der Waals surface area contributed by atoms with Crippen LogP contribution in [0.2, 0.25) is 0 Å². The molecule has 0 amide bonds. The molecule has 0 bridgehead atoms. The van der Waals surface area contributed by atoms with Crippen LogP contribution in [-0.2, 0) is 4.74 Å². The Labute approximate surface area is 93.2 Å². The lowest BCUT2D eigenvalue weighted by Crippen LogP contribution is -2.40. The van der Waals surface area contributed by atoms with Crippen LogP contribution in [0.25, 0.3) is 0 Å². The average Bonchev–Trinajstić information content (AvgIpc) is 2.53. The average molecular weight is 212 g/mol. The molecule has 0 radical (unpaired) electrons. The van der Waals surface area contributed by atoms with E-state index in [-0.39, 0.29) is 0 Å². The molecule has 2 heterocycles. The minimum Gasteiger partial charge on any atom is -0.379 e. The number of hydrogen-bond acceptors (Lipinski definition) is 3. The Morgan fingerprint density at radius 2 is 1.87 bits per heavy atom. The molecule has 0 aromatic carbocycles. The highest BCUT2D eigenvalue weighted by Gasteiger charge is 2.28. The molecule has 1 N–H and O–H groups in total. The van der Waals surface area contributed by atoms with Crippen molar-refractivity contribution in [3.8, 4) is 0 Å². The van der Waals surface area contributed by atoms with Gasteiger partial charge in [-0.2, -0.15) is 0 Å². The largest absolute Gasteiger partial charge is 0.379 e. The molecule has 3 heteroatoms. The molecule has 2 saturated heterocycles. The van der Waals surface area contributed by atoms with E-state index in [0.717, 1.165) is 13.2 Å². The summed E-state index contributed by atoms with van der Waals surface area (Å²) in [7, 11) is 2.05. The Morgan fingerprint density at radius 3 is 2.53 bits per heavy atom. The van der Waals surface area contributed by atoms with Crippen molar-refractivity contribution >= 4 is 0 Å². The van der Waals surface area contributed by atoms with Crippen molar-refractivity contribution in [3.05, 3.63) is 0 Å². The third-order valence-corrected chi connectivity index (χ3v) is 3.76. The zero-order valence-corrected chi connectivity index (χ0v) is 9.87. The fraction of sp³-hybridized carbons (Fsp3) is 1.00. The van der Waals surface area contributed by atoms with Crippen LogP contribution in [0.3, 0.4) is 0 Å². The zero-order valence-electron chi connectivity index (χ0n) is 9.87. The van der Waals surface area contributed by atoms with Crippen LogP contribution < -0.4 is 5.32 Å². The van der Waals surface area contributed by atoms with Gasteiger partial charge in [-0.3, -0.25) is 0 Å². The summed E-state index contributed by atoms with van der Waals surface area (Å²) >= 11 is 0. The molecule has 0 spiro atoms. The Morgan fingerprint density at radius 1 is 1.13 bits per heavy atom. The van der Waals surface area contributed by atoms with Gasteiger partial charge in [0.2, 0.25) is 0 Å². The molecular weight excluding hydrogens is 188 g/mol. The Hall–Kier alpha value is -0.120. The Balaban J connectivity index is 1.78. The summed E-state index contributed by atoms with van der Waals surface area (Å²) in [6, 6.07) is 0.577. The molecule has 0 aliphatic carbocycles. The van der Waals surface area contributed by atoms with E-state index in [9.17, 15) is 0 Å². The second kappa shape index (κ2) is 5.83. The SMILES string of the molecule is CNC1COCC1CN1CCCCCC1. The first-order chi connectivity index (χ1) is 7.40. The molecule has 0 saturated carbocycles. The quantitative estimate of drug-likeness (QED) is 0.758. The number of nitrogens with zero attached hydrogens (tertiary/aromatic N) is 1. The maximum Gasteiger partial charge on any atom is 0.0623 e. The van der Waals surface area contributed by atoms with Gasteiger partial charge in [0, 0.05) is 18.5 Å². The molecule has 2 atom stereocenters. The molecule has 88 valence electrons. The van der Waals surface area contributed by atoms with Crippen molar-refractivity contribution in [1.82, 2.24) is 10.2 Å². The van der Waals surface area contributed by atoms with Crippen LogP contribution >= 0.6 is 0 Å². The first-order valence-electron chi connectivity index (χ1n) is 6.37. The second-order valence-electron chi connectivity index (χ2n) is 4.91. The summed E-state index contributed by atoms with van der Waals surface area (Å²) in [5.74, 6) is 0.702. The third-order valence-electron chi connectivity index (χ3n) is 3.76. The van der Waals surface area contributed by atoms with Crippen LogP contribution in [0.4, 0.5) is 0 Å². The van der Waals surface area contributed by atoms with Gasteiger partial charge in [-0.15, -0.1) is 0 Å². The number of ether oxygens (including phenoxy) is 1. The number of likely N-dealkylation sites (tertiary alicyclic amines) is 1. The van der Waals surface area contributed by atoms with Gasteiger partial charge >= 0.3 is 0 Å². The molecule has 0 aromatic rings. The van der Waals surface area contributed by atoms with Crippen LogP contribution in [0.15, 0.2) is 0 Å². The lowest BCUT2D eigenvalue weighted by molar-refractivity contribution is 0.168. The summed E-state index contributed by atoms with van der Waals surface area (Å²) in [5.41, 5.74) is 0. The lowest BCUT2D eigenvalue weighted by Gasteiger charge is -2.26. The Kier molecular flexibility index (Phi) is 4.42. The zero-order chi connectivity index (χ0) is 10.5. The number of hydrogen-bond donors (Lipinski definition) is 1. The van der Waals surface area contributed by atoms with Crippen LogP contribution in [0.5, 0.6) is 0 Å². The predicted octanol–water partition coefficient (Wildman–Crippen LogP) is 1.10. The monoisotopic (exact) mass is 212 g/mol. The standard InChI is InChI=1S/C12H24N2O/c1-13-12-10-15-9-11(12)8-14-6-4-2-3-5-7-14/h11-13H,2-10H2,1H3. The van der Waals surface area contributed by atoms with E-state index in [4.69, 9.17) is 4.74 Å². The van der Waals surface area contributed by atoms with Crippen molar-refractivity contribution in [2.45, 2.75) is 31.7 Å². The summed E-state index contributed by atoms with van der Waals surface area (Å²) in [4.78, 5) is 2.64. The molecule has 2 fully saturated rings. The maximum atomic E-state index is 5.54. The van der Waals surface area contributed by atoms with Gasteiger partial charge in [-0.25, -0.2) is 0 Å². The highest BCUT2D eigenvalue weighted by atomic mass is 16.5. The molecular formula is C12H24N2O. The van der Waals surface area contributed by atoms with E-state index in [1.54, 1.807) is 0 Å².